The zero-order valence-corrected chi connectivity index (χ0v) is 7.67. The zero-order chi connectivity index (χ0) is 8.22. The lowest BCUT2D eigenvalue weighted by atomic mass is 9.45. The Hall–Kier alpha value is -0.0400. The maximum atomic E-state index is 9.61. The Labute approximate surface area is 68.8 Å². The second-order valence-corrected chi connectivity index (χ2v) is 5.02. The molecule has 0 saturated heterocycles. The average Bonchev–Trinajstić information content (AvgIpc) is 1.93. The molecule has 3 fully saturated rings. The van der Waals surface area contributed by atoms with Crippen molar-refractivity contribution in [2.24, 2.45) is 23.2 Å². The van der Waals surface area contributed by atoms with Crippen LogP contribution >= 0.6 is 0 Å². The molecule has 0 aromatic carbocycles. The number of aliphatic hydroxyl groups excluding tert-OH is 1. The van der Waals surface area contributed by atoms with Crippen molar-refractivity contribution in [1.29, 1.82) is 0 Å². The van der Waals surface area contributed by atoms with Crippen molar-refractivity contribution in [2.75, 3.05) is 0 Å². The third kappa shape index (κ3) is 0.807. The van der Waals surface area contributed by atoms with Gasteiger partial charge in [0.25, 0.3) is 0 Å². The minimum absolute atomic E-state index is 0.00762. The highest BCUT2D eigenvalue weighted by Gasteiger charge is 2.55. The molecule has 3 unspecified atom stereocenters. The summed E-state index contributed by atoms with van der Waals surface area (Å²) in [7, 11) is 0. The molecule has 2 bridgehead atoms. The van der Waals surface area contributed by atoms with Gasteiger partial charge in [0.2, 0.25) is 0 Å². The van der Waals surface area contributed by atoms with E-state index >= 15 is 0 Å². The smallest absolute Gasteiger partial charge is 0.0571 e. The van der Waals surface area contributed by atoms with Gasteiger partial charge in [-0.1, -0.05) is 20.8 Å². The molecule has 4 atom stereocenters. The quantitative estimate of drug-likeness (QED) is 0.566. The van der Waals surface area contributed by atoms with Gasteiger partial charge in [-0.05, 0) is 36.0 Å². The second-order valence-electron chi connectivity index (χ2n) is 5.02. The summed E-state index contributed by atoms with van der Waals surface area (Å²) in [5.41, 5.74) is 0.526. The molecule has 0 aromatic rings. The fraction of sp³-hybridized carbons (Fsp3) is 1.00. The van der Waals surface area contributed by atoms with Gasteiger partial charge >= 0.3 is 0 Å². The van der Waals surface area contributed by atoms with Crippen LogP contribution < -0.4 is 0 Å². The summed E-state index contributed by atoms with van der Waals surface area (Å²) in [6, 6.07) is 0. The van der Waals surface area contributed by atoms with Gasteiger partial charge in [0, 0.05) is 0 Å². The van der Waals surface area contributed by atoms with Gasteiger partial charge in [-0.2, -0.15) is 0 Å². The van der Waals surface area contributed by atoms with E-state index in [1.165, 1.54) is 6.42 Å². The van der Waals surface area contributed by atoms with Crippen LogP contribution in [0.3, 0.4) is 0 Å². The van der Waals surface area contributed by atoms with E-state index in [2.05, 4.69) is 20.8 Å². The Morgan fingerprint density at radius 1 is 1.27 bits per heavy atom. The van der Waals surface area contributed by atoms with Gasteiger partial charge in [-0.3, -0.25) is 0 Å². The van der Waals surface area contributed by atoms with E-state index < -0.39 is 0 Å². The van der Waals surface area contributed by atoms with Crippen molar-refractivity contribution in [3.63, 3.8) is 0 Å². The molecule has 11 heavy (non-hydrogen) atoms. The summed E-state index contributed by atoms with van der Waals surface area (Å²) in [4.78, 5) is 0. The molecule has 1 nitrogen and oxygen atoms in total. The number of rotatable bonds is 0. The van der Waals surface area contributed by atoms with Crippen LogP contribution in [-0.2, 0) is 0 Å². The number of hydrogen-bond donors (Lipinski definition) is 1. The van der Waals surface area contributed by atoms with Gasteiger partial charge < -0.3 is 5.11 Å². The number of fused-ring (bicyclic) bond motifs is 2. The third-order valence-electron chi connectivity index (χ3n) is 4.31. The maximum absolute atomic E-state index is 9.61. The topological polar surface area (TPSA) is 20.2 Å². The van der Waals surface area contributed by atoms with E-state index in [4.69, 9.17) is 0 Å². The lowest BCUT2D eigenvalue weighted by Crippen LogP contribution is -2.56. The largest absolute Gasteiger partial charge is 0.393 e. The van der Waals surface area contributed by atoms with Gasteiger partial charge in [-0.15, -0.1) is 0 Å². The van der Waals surface area contributed by atoms with Crippen LogP contribution in [0.5, 0.6) is 0 Å². The molecule has 3 aliphatic carbocycles. The van der Waals surface area contributed by atoms with Crippen molar-refractivity contribution in [2.45, 2.75) is 39.7 Å². The molecule has 0 amide bonds. The van der Waals surface area contributed by atoms with Crippen LogP contribution in [-0.4, -0.2) is 11.2 Å². The first-order chi connectivity index (χ1) is 5.03. The van der Waals surface area contributed by atoms with E-state index in [-0.39, 0.29) is 6.10 Å². The molecule has 0 spiro atoms. The van der Waals surface area contributed by atoms with Crippen molar-refractivity contribution in [3.8, 4) is 0 Å². The Bertz CT molecular complexity index is 174. The molecular weight excluding hydrogens is 136 g/mol. The molecule has 3 aliphatic rings. The van der Waals surface area contributed by atoms with Gasteiger partial charge in [0.15, 0.2) is 0 Å². The molecule has 0 heterocycles. The highest BCUT2D eigenvalue weighted by molar-refractivity contribution is 5.04. The molecule has 0 aromatic heterocycles. The molecule has 0 radical (unpaired) electrons. The Kier molecular flexibility index (Phi) is 1.39. The standard InChI is InChI=1S/C10H18O/c1-6-8-4-7(5-9(6)11)10(8,2)3/h6-9,11H,4-5H2,1-3H3/t6?,7?,8?,9-/m1/s1. The maximum Gasteiger partial charge on any atom is 0.0571 e. The van der Waals surface area contributed by atoms with Crippen LogP contribution in [0.1, 0.15) is 33.6 Å². The summed E-state index contributed by atoms with van der Waals surface area (Å²) in [6.45, 7) is 6.91. The minimum Gasteiger partial charge on any atom is -0.393 e. The van der Waals surface area contributed by atoms with E-state index in [0.717, 1.165) is 18.3 Å². The molecular formula is C10H18O. The fourth-order valence-electron chi connectivity index (χ4n) is 3.12. The zero-order valence-electron chi connectivity index (χ0n) is 7.67. The van der Waals surface area contributed by atoms with Gasteiger partial charge in [-0.25, -0.2) is 0 Å². The molecule has 1 N–H and O–H groups in total. The first kappa shape index (κ1) is 7.60. The van der Waals surface area contributed by atoms with Crippen LogP contribution in [0.2, 0.25) is 0 Å². The predicted molar refractivity (Wildman–Crippen MR) is 45.2 cm³/mol. The number of aliphatic hydroxyl groups is 1. The Morgan fingerprint density at radius 3 is 2.27 bits per heavy atom. The summed E-state index contributed by atoms with van der Waals surface area (Å²) in [5, 5.41) is 9.61. The Balaban J connectivity index is 2.17. The van der Waals surface area contributed by atoms with Crippen LogP contribution in [0.4, 0.5) is 0 Å². The van der Waals surface area contributed by atoms with Crippen molar-refractivity contribution in [3.05, 3.63) is 0 Å². The normalized spacial score (nSPS) is 53.5. The highest BCUT2D eigenvalue weighted by atomic mass is 16.3. The van der Waals surface area contributed by atoms with Crippen molar-refractivity contribution in [1.82, 2.24) is 0 Å². The van der Waals surface area contributed by atoms with Crippen LogP contribution in [0.25, 0.3) is 0 Å². The van der Waals surface area contributed by atoms with Crippen molar-refractivity contribution < 1.29 is 5.11 Å². The molecule has 3 saturated carbocycles. The average molecular weight is 154 g/mol. The van der Waals surface area contributed by atoms with E-state index in [9.17, 15) is 5.11 Å². The van der Waals surface area contributed by atoms with E-state index in [0.29, 0.717) is 11.3 Å². The summed E-state index contributed by atoms with van der Waals surface area (Å²) in [6.07, 6.45) is 2.40. The lowest BCUT2D eigenvalue weighted by Gasteiger charge is -2.61. The summed E-state index contributed by atoms with van der Waals surface area (Å²) in [5.74, 6) is 2.13. The summed E-state index contributed by atoms with van der Waals surface area (Å²) >= 11 is 0. The predicted octanol–water partition coefficient (Wildman–Crippen LogP) is 2.05. The van der Waals surface area contributed by atoms with Crippen molar-refractivity contribution >= 4 is 0 Å². The van der Waals surface area contributed by atoms with Gasteiger partial charge in [0.05, 0.1) is 6.10 Å². The van der Waals surface area contributed by atoms with E-state index in [1.807, 2.05) is 0 Å². The highest BCUT2D eigenvalue weighted by Crippen LogP contribution is 2.61. The third-order valence-corrected chi connectivity index (χ3v) is 4.31. The minimum atomic E-state index is -0.00762. The molecule has 0 aliphatic heterocycles. The van der Waals surface area contributed by atoms with Crippen LogP contribution in [0, 0.1) is 23.2 Å². The monoisotopic (exact) mass is 154 g/mol. The summed E-state index contributed by atoms with van der Waals surface area (Å²) < 4.78 is 0. The lowest BCUT2D eigenvalue weighted by molar-refractivity contribution is -0.154. The molecule has 3 rings (SSSR count). The van der Waals surface area contributed by atoms with E-state index in [1.54, 1.807) is 0 Å². The first-order valence-electron chi connectivity index (χ1n) is 4.71. The molecule has 1 heteroatoms. The van der Waals surface area contributed by atoms with Gasteiger partial charge in [0.1, 0.15) is 0 Å². The van der Waals surface area contributed by atoms with Crippen LogP contribution in [0.15, 0.2) is 0 Å². The SMILES string of the molecule is CC1C2CC(C[C@H]1O)C2(C)C. The molecule has 64 valence electrons. The number of hydrogen-bond acceptors (Lipinski definition) is 1. The first-order valence-corrected chi connectivity index (χ1v) is 4.71. The Morgan fingerprint density at radius 2 is 1.91 bits per heavy atom. The fourth-order valence-corrected chi connectivity index (χ4v) is 3.12. The second kappa shape index (κ2) is 2.01.